The van der Waals surface area contributed by atoms with Gasteiger partial charge in [-0.25, -0.2) is 0 Å². The molecule has 8 heteroatoms. The SMILES string of the molecule is Cc1nnc(Sc2cc3c(cc2Cl)C(=O)C(=O)N3)o1. The number of rotatable bonds is 2. The molecule has 0 atom stereocenters. The quantitative estimate of drug-likeness (QED) is 0.856. The van der Waals surface area contributed by atoms with Crippen molar-refractivity contribution < 1.29 is 14.0 Å². The summed E-state index contributed by atoms with van der Waals surface area (Å²) in [7, 11) is 0. The molecule has 1 aromatic carbocycles. The summed E-state index contributed by atoms with van der Waals surface area (Å²) in [6.45, 7) is 1.68. The highest BCUT2D eigenvalue weighted by Gasteiger charge is 2.29. The first-order valence-corrected chi connectivity index (χ1v) is 6.41. The largest absolute Gasteiger partial charge is 0.416 e. The maximum Gasteiger partial charge on any atom is 0.296 e. The van der Waals surface area contributed by atoms with Crippen molar-refractivity contribution in [1.29, 1.82) is 0 Å². The van der Waals surface area contributed by atoms with E-state index < -0.39 is 11.7 Å². The molecule has 19 heavy (non-hydrogen) atoms. The van der Waals surface area contributed by atoms with E-state index in [-0.39, 0.29) is 5.56 Å². The van der Waals surface area contributed by atoms with Crippen LogP contribution in [0.15, 0.2) is 26.7 Å². The van der Waals surface area contributed by atoms with Crippen molar-refractivity contribution in [1.82, 2.24) is 10.2 Å². The van der Waals surface area contributed by atoms with E-state index in [1.54, 1.807) is 13.0 Å². The van der Waals surface area contributed by atoms with E-state index in [1.165, 1.54) is 17.8 Å². The van der Waals surface area contributed by atoms with Crippen LogP contribution in [-0.2, 0) is 4.79 Å². The number of halogens is 1. The number of nitrogens with zero attached hydrogens (tertiary/aromatic N) is 2. The molecule has 0 radical (unpaired) electrons. The lowest BCUT2D eigenvalue weighted by atomic mass is 10.1. The van der Waals surface area contributed by atoms with Gasteiger partial charge in [0.15, 0.2) is 0 Å². The lowest BCUT2D eigenvalue weighted by Gasteiger charge is -2.03. The van der Waals surface area contributed by atoms with Gasteiger partial charge in [0.25, 0.3) is 16.9 Å². The number of hydrogen-bond acceptors (Lipinski definition) is 6. The summed E-state index contributed by atoms with van der Waals surface area (Å²) in [4.78, 5) is 23.4. The molecule has 0 aliphatic carbocycles. The molecule has 2 heterocycles. The molecule has 2 aromatic rings. The molecule has 1 amide bonds. The monoisotopic (exact) mass is 295 g/mol. The molecule has 0 bridgehead atoms. The average molecular weight is 296 g/mol. The van der Waals surface area contributed by atoms with Crippen LogP contribution in [0.2, 0.25) is 5.02 Å². The van der Waals surface area contributed by atoms with Gasteiger partial charge in [0.1, 0.15) is 0 Å². The van der Waals surface area contributed by atoms with E-state index in [0.717, 1.165) is 0 Å². The van der Waals surface area contributed by atoms with Gasteiger partial charge in [0.05, 0.1) is 16.3 Å². The van der Waals surface area contributed by atoms with Crippen LogP contribution >= 0.6 is 23.4 Å². The number of carbonyl (C=O) groups excluding carboxylic acids is 2. The van der Waals surface area contributed by atoms with Crippen LogP contribution in [0, 0.1) is 6.92 Å². The number of hydrogen-bond donors (Lipinski definition) is 1. The number of Topliss-reactive ketones (excluding diaryl/α,β-unsaturated/α-hetero) is 1. The summed E-state index contributed by atoms with van der Waals surface area (Å²) in [5.74, 6) is -0.785. The Labute approximate surface area is 116 Å². The Morgan fingerprint density at radius 1 is 1.32 bits per heavy atom. The zero-order chi connectivity index (χ0) is 13.6. The third kappa shape index (κ3) is 2.11. The smallest absolute Gasteiger partial charge is 0.296 e. The fourth-order valence-corrected chi connectivity index (χ4v) is 2.68. The van der Waals surface area contributed by atoms with E-state index in [9.17, 15) is 9.59 Å². The topological polar surface area (TPSA) is 85.1 Å². The molecular formula is C11H6ClN3O3S. The van der Waals surface area contributed by atoms with Gasteiger partial charge in [0.2, 0.25) is 5.89 Å². The fraction of sp³-hybridized carbons (Fsp3) is 0.0909. The maximum absolute atomic E-state index is 11.5. The standard InChI is InChI=1S/C11H6ClN3O3S/c1-4-14-15-11(18-4)19-8-3-7-5(2-6(8)12)9(16)10(17)13-7/h2-3H,1H3,(H,13,16,17). The molecule has 0 unspecified atom stereocenters. The van der Waals surface area contributed by atoms with Gasteiger partial charge in [0, 0.05) is 11.8 Å². The Balaban J connectivity index is 1.98. The van der Waals surface area contributed by atoms with Crippen molar-refractivity contribution >= 4 is 40.7 Å². The van der Waals surface area contributed by atoms with Crippen LogP contribution in [0.25, 0.3) is 0 Å². The highest BCUT2D eigenvalue weighted by atomic mass is 35.5. The number of nitrogens with one attached hydrogen (secondary N) is 1. The van der Waals surface area contributed by atoms with E-state index in [1.807, 2.05) is 0 Å². The molecule has 6 nitrogen and oxygen atoms in total. The normalized spacial score (nSPS) is 13.6. The Morgan fingerprint density at radius 2 is 2.11 bits per heavy atom. The molecule has 0 fully saturated rings. The third-order valence-corrected chi connectivity index (χ3v) is 3.80. The van der Waals surface area contributed by atoms with Gasteiger partial charge in [-0.2, -0.15) is 0 Å². The van der Waals surface area contributed by atoms with Crippen LogP contribution < -0.4 is 5.32 Å². The van der Waals surface area contributed by atoms with E-state index in [4.69, 9.17) is 16.0 Å². The Bertz CT molecular complexity index is 713. The van der Waals surface area contributed by atoms with E-state index in [2.05, 4.69) is 15.5 Å². The zero-order valence-corrected chi connectivity index (χ0v) is 11.1. The summed E-state index contributed by atoms with van der Waals surface area (Å²) in [5.41, 5.74) is 0.721. The first kappa shape index (κ1) is 12.2. The number of fused-ring (bicyclic) bond motifs is 1. The van der Waals surface area contributed by atoms with E-state index in [0.29, 0.717) is 26.7 Å². The molecule has 1 aliphatic rings. The molecular weight excluding hydrogens is 290 g/mol. The maximum atomic E-state index is 11.5. The van der Waals surface area contributed by atoms with E-state index >= 15 is 0 Å². The zero-order valence-electron chi connectivity index (χ0n) is 9.56. The van der Waals surface area contributed by atoms with Crippen LogP contribution in [0.5, 0.6) is 0 Å². The van der Waals surface area contributed by atoms with Crippen molar-refractivity contribution in [3.63, 3.8) is 0 Å². The Kier molecular flexibility index (Phi) is 2.79. The minimum absolute atomic E-state index is 0.279. The highest BCUT2D eigenvalue weighted by molar-refractivity contribution is 7.99. The number of anilines is 1. The number of ketones is 1. The van der Waals surface area contributed by atoms with Crippen molar-refractivity contribution in [2.24, 2.45) is 0 Å². The summed E-state index contributed by atoms with van der Waals surface area (Å²) >= 11 is 7.24. The van der Waals surface area contributed by atoms with Gasteiger partial charge >= 0.3 is 0 Å². The van der Waals surface area contributed by atoms with Crippen molar-refractivity contribution in [3.05, 3.63) is 28.6 Å². The van der Waals surface area contributed by atoms with Gasteiger partial charge in [-0.3, -0.25) is 9.59 Å². The number of benzene rings is 1. The molecule has 1 aliphatic heterocycles. The average Bonchev–Trinajstić information content (AvgIpc) is 2.87. The lowest BCUT2D eigenvalue weighted by molar-refractivity contribution is -0.112. The minimum atomic E-state index is -0.651. The number of amides is 1. The van der Waals surface area contributed by atoms with Crippen LogP contribution in [-0.4, -0.2) is 21.9 Å². The third-order valence-electron chi connectivity index (χ3n) is 2.48. The highest BCUT2D eigenvalue weighted by Crippen LogP contribution is 2.38. The second-order valence-electron chi connectivity index (χ2n) is 3.80. The fourth-order valence-electron chi connectivity index (χ4n) is 1.64. The van der Waals surface area contributed by atoms with Gasteiger partial charge < -0.3 is 9.73 Å². The lowest BCUT2D eigenvalue weighted by Crippen LogP contribution is -2.12. The van der Waals surface area contributed by atoms with Crippen molar-refractivity contribution in [2.45, 2.75) is 17.0 Å². The molecule has 0 saturated carbocycles. The Morgan fingerprint density at radius 3 is 2.79 bits per heavy atom. The summed E-state index contributed by atoms with van der Waals surface area (Å²) in [6, 6.07) is 3.08. The number of aromatic nitrogens is 2. The number of carbonyl (C=O) groups is 2. The predicted octanol–water partition coefficient (Wildman–Crippen LogP) is 2.32. The minimum Gasteiger partial charge on any atom is -0.416 e. The van der Waals surface area contributed by atoms with Gasteiger partial charge in [-0.05, 0) is 23.9 Å². The first-order valence-electron chi connectivity index (χ1n) is 5.22. The van der Waals surface area contributed by atoms with Crippen molar-refractivity contribution in [2.75, 3.05) is 5.32 Å². The van der Waals surface area contributed by atoms with Gasteiger partial charge in [-0.15, -0.1) is 10.2 Å². The molecule has 1 aromatic heterocycles. The second kappa shape index (κ2) is 4.36. The summed E-state index contributed by atoms with van der Waals surface area (Å²) in [6.07, 6.45) is 0. The summed E-state index contributed by atoms with van der Waals surface area (Å²) < 4.78 is 5.23. The molecule has 0 spiro atoms. The molecule has 96 valence electrons. The van der Waals surface area contributed by atoms with Crippen LogP contribution in [0.3, 0.4) is 0 Å². The number of aryl methyl sites for hydroxylation is 1. The first-order chi connectivity index (χ1) is 9.04. The second-order valence-corrected chi connectivity index (χ2v) is 5.20. The molecule has 1 N–H and O–H groups in total. The van der Waals surface area contributed by atoms with Crippen LogP contribution in [0.1, 0.15) is 16.2 Å². The predicted molar refractivity (Wildman–Crippen MR) is 67.6 cm³/mol. The van der Waals surface area contributed by atoms with Crippen molar-refractivity contribution in [3.8, 4) is 0 Å². The summed E-state index contributed by atoms with van der Waals surface area (Å²) in [5, 5.41) is 10.7. The molecule has 3 rings (SSSR count). The van der Waals surface area contributed by atoms with Gasteiger partial charge in [-0.1, -0.05) is 11.6 Å². The Hall–Kier alpha value is -1.86. The molecule has 0 saturated heterocycles. The van der Waals surface area contributed by atoms with Crippen LogP contribution in [0.4, 0.5) is 5.69 Å².